The third-order valence-electron chi connectivity index (χ3n) is 5.15. The molecule has 0 bridgehead atoms. The molecule has 0 N–H and O–H groups in total. The number of carbonyl (C=O) groups is 2. The summed E-state index contributed by atoms with van der Waals surface area (Å²) >= 11 is 0. The zero-order valence-electron chi connectivity index (χ0n) is 18.7. The van der Waals surface area contributed by atoms with Crippen molar-refractivity contribution in [2.75, 3.05) is 13.2 Å². The first-order chi connectivity index (χ1) is 14.6. The molecule has 1 atom stereocenters. The average molecular weight is 415 g/mol. The standard InChI is InChI=1S/C26H38O4/c1-4-7-12-22(5-2)21-24-15-13-23(14-16-24)17-18-26(28)30-20-11-9-8-10-19-29-25(27)6-3/h6,13-18,22H,3-5,7-12,19-21H2,1-2H3/b18-17+. The molecule has 166 valence electrons. The molecular formula is C26H38O4. The van der Waals surface area contributed by atoms with Crippen molar-refractivity contribution in [1.82, 2.24) is 0 Å². The second kappa shape index (κ2) is 16.4. The van der Waals surface area contributed by atoms with Gasteiger partial charge in [0.2, 0.25) is 0 Å². The van der Waals surface area contributed by atoms with Gasteiger partial charge in [0.25, 0.3) is 0 Å². The molecule has 1 aromatic carbocycles. The van der Waals surface area contributed by atoms with Gasteiger partial charge in [-0.2, -0.15) is 0 Å². The maximum atomic E-state index is 11.8. The zero-order chi connectivity index (χ0) is 22.0. The lowest BCUT2D eigenvalue weighted by Crippen LogP contribution is -2.04. The summed E-state index contributed by atoms with van der Waals surface area (Å²) in [5, 5.41) is 0. The van der Waals surface area contributed by atoms with Crippen molar-refractivity contribution in [3.63, 3.8) is 0 Å². The summed E-state index contributed by atoms with van der Waals surface area (Å²) in [6, 6.07) is 8.44. The van der Waals surface area contributed by atoms with E-state index in [1.165, 1.54) is 37.3 Å². The fourth-order valence-corrected chi connectivity index (χ4v) is 3.22. The van der Waals surface area contributed by atoms with E-state index in [4.69, 9.17) is 9.47 Å². The molecule has 0 aliphatic heterocycles. The Bertz CT molecular complexity index is 646. The minimum atomic E-state index is -0.387. The van der Waals surface area contributed by atoms with E-state index in [1.807, 2.05) is 0 Å². The SMILES string of the molecule is C=CC(=O)OCCCCCCOC(=O)/C=C/c1ccc(CC(CC)CCCC)cc1. The van der Waals surface area contributed by atoms with Crippen LogP contribution in [0.2, 0.25) is 0 Å². The number of esters is 2. The van der Waals surface area contributed by atoms with Crippen LogP contribution in [0.3, 0.4) is 0 Å². The van der Waals surface area contributed by atoms with Crippen LogP contribution in [0.15, 0.2) is 43.0 Å². The van der Waals surface area contributed by atoms with Crippen molar-refractivity contribution in [3.8, 4) is 0 Å². The summed E-state index contributed by atoms with van der Waals surface area (Å²) in [5.74, 6) is 0.0515. The number of carbonyl (C=O) groups excluding carboxylic acids is 2. The monoisotopic (exact) mass is 414 g/mol. The van der Waals surface area contributed by atoms with E-state index in [9.17, 15) is 9.59 Å². The van der Waals surface area contributed by atoms with Crippen molar-refractivity contribution in [2.45, 2.75) is 71.6 Å². The third-order valence-corrected chi connectivity index (χ3v) is 5.15. The van der Waals surface area contributed by atoms with Gasteiger partial charge >= 0.3 is 11.9 Å². The quantitative estimate of drug-likeness (QED) is 0.181. The summed E-state index contributed by atoms with van der Waals surface area (Å²) in [6.45, 7) is 8.67. The van der Waals surface area contributed by atoms with E-state index in [2.05, 4.69) is 44.7 Å². The van der Waals surface area contributed by atoms with Crippen molar-refractivity contribution >= 4 is 18.0 Å². The molecule has 0 aliphatic rings. The second-order valence-electron chi connectivity index (χ2n) is 7.65. The molecule has 0 saturated heterocycles. The number of rotatable bonds is 16. The van der Waals surface area contributed by atoms with E-state index < -0.39 is 0 Å². The third kappa shape index (κ3) is 12.3. The molecule has 1 aromatic rings. The normalized spacial score (nSPS) is 11.9. The van der Waals surface area contributed by atoms with Gasteiger partial charge in [-0.25, -0.2) is 9.59 Å². The molecule has 0 aliphatic carbocycles. The first kappa shape index (κ1) is 25.7. The Morgan fingerprint density at radius 3 is 2.13 bits per heavy atom. The van der Waals surface area contributed by atoms with Gasteiger partial charge in [-0.3, -0.25) is 0 Å². The molecule has 0 saturated carbocycles. The highest BCUT2D eigenvalue weighted by atomic mass is 16.5. The van der Waals surface area contributed by atoms with Crippen LogP contribution in [0.5, 0.6) is 0 Å². The van der Waals surface area contributed by atoms with Gasteiger partial charge in [0.15, 0.2) is 0 Å². The van der Waals surface area contributed by atoms with E-state index in [1.54, 1.807) is 6.08 Å². The van der Waals surface area contributed by atoms with Gasteiger partial charge in [0, 0.05) is 12.2 Å². The van der Waals surface area contributed by atoms with E-state index in [0.717, 1.165) is 49.7 Å². The highest BCUT2D eigenvalue weighted by Gasteiger charge is 2.07. The molecule has 0 fully saturated rings. The van der Waals surface area contributed by atoms with E-state index in [0.29, 0.717) is 13.2 Å². The summed E-state index contributed by atoms with van der Waals surface area (Å²) < 4.78 is 10.1. The molecule has 4 heteroatoms. The number of benzene rings is 1. The van der Waals surface area contributed by atoms with E-state index >= 15 is 0 Å². The first-order valence-corrected chi connectivity index (χ1v) is 11.3. The predicted octanol–water partition coefficient (Wildman–Crippen LogP) is 6.29. The van der Waals surface area contributed by atoms with Crippen molar-refractivity contribution in [3.05, 3.63) is 54.1 Å². The van der Waals surface area contributed by atoms with Gasteiger partial charge in [-0.05, 0) is 55.2 Å². The van der Waals surface area contributed by atoms with E-state index in [-0.39, 0.29) is 11.9 Å². The molecule has 0 amide bonds. The number of hydrogen-bond donors (Lipinski definition) is 0. The van der Waals surface area contributed by atoms with Gasteiger partial charge in [0.05, 0.1) is 13.2 Å². The van der Waals surface area contributed by atoms with Crippen LogP contribution in [-0.2, 0) is 25.5 Å². The number of ether oxygens (including phenoxy) is 2. The average Bonchev–Trinajstić information content (AvgIpc) is 2.77. The highest BCUT2D eigenvalue weighted by Crippen LogP contribution is 2.19. The largest absolute Gasteiger partial charge is 0.463 e. The Balaban J connectivity index is 2.21. The fourth-order valence-electron chi connectivity index (χ4n) is 3.22. The molecular weight excluding hydrogens is 376 g/mol. The molecule has 0 heterocycles. The zero-order valence-corrected chi connectivity index (χ0v) is 18.7. The first-order valence-electron chi connectivity index (χ1n) is 11.3. The Morgan fingerprint density at radius 2 is 1.57 bits per heavy atom. The Hall–Kier alpha value is -2.36. The summed E-state index contributed by atoms with van der Waals surface area (Å²) in [4.78, 5) is 22.7. The fraction of sp³-hybridized carbons (Fsp3) is 0.538. The number of unbranched alkanes of at least 4 members (excludes halogenated alkanes) is 4. The molecule has 0 spiro atoms. The Morgan fingerprint density at radius 1 is 0.933 bits per heavy atom. The number of hydrogen-bond acceptors (Lipinski definition) is 4. The Labute approximate surface area is 182 Å². The summed E-state index contributed by atoms with van der Waals surface area (Å²) in [7, 11) is 0. The van der Waals surface area contributed by atoms with Crippen LogP contribution in [0, 0.1) is 5.92 Å². The Kier molecular flexibility index (Phi) is 14.1. The highest BCUT2D eigenvalue weighted by molar-refractivity contribution is 5.87. The van der Waals surface area contributed by atoms with Crippen LogP contribution < -0.4 is 0 Å². The van der Waals surface area contributed by atoms with Gasteiger partial charge < -0.3 is 9.47 Å². The predicted molar refractivity (Wildman–Crippen MR) is 123 cm³/mol. The lowest BCUT2D eigenvalue weighted by Gasteiger charge is -2.14. The van der Waals surface area contributed by atoms with Crippen LogP contribution in [0.4, 0.5) is 0 Å². The van der Waals surface area contributed by atoms with Crippen molar-refractivity contribution < 1.29 is 19.1 Å². The van der Waals surface area contributed by atoms with Gasteiger partial charge in [-0.1, -0.05) is 70.4 Å². The molecule has 30 heavy (non-hydrogen) atoms. The molecule has 0 radical (unpaired) electrons. The molecule has 1 rings (SSSR count). The minimum absolute atomic E-state index is 0.315. The summed E-state index contributed by atoms with van der Waals surface area (Å²) in [5.41, 5.74) is 2.36. The van der Waals surface area contributed by atoms with Crippen LogP contribution >= 0.6 is 0 Å². The lowest BCUT2D eigenvalue weighted by atomic mass is 9.92. The van der Waals surface area contributed by atoms with Crippen LogP contribution in [0.1, 0.15) is 76.3 Å². The topological polar surface area (TPSA) is 52.6 Å². The van der Waals surface area contributed by atoms with Crippen LogP contribution in [-0.4, -0.2) is 25.2 Å². The maximum Gasteiger partial charge on any atom is 0.330 e. The van der Waals surface area contributed by atoms with Crippen molar-refractivity contribution in [2.24, 2.45) is 5.92 Å². The molecule has 4 nitrogen and oxygen atoms in total. The molecule has 1 unspecified atom stereocenters. The van der Waals surface area contributed by atoms with Gasteiger partial charge in [-0.15, -0.1) is 0 Å². The summed E-state index contributed by atoms with van der Waals surface area (Å²) in [6.07, 6.45) is 14.1. The maximum absolute atomic E-state index is 11.8. The minimum Gasteiger partial charge on any atom is -0.463 e. The van der Waals surface area contributed by atoms with Crippen LogP contribution in [0.25, 0.3) is 6.08 Å². The smallest absolute Gasteiger partial charge is 0.330 e. The molecule has 0 aromatic heterocycles. The second-order valence-corrected chi connectivity index (χ2v) is 7.65. The van der Waals surface area contributed by atoms with Crippen molar-refractivity contribution in [1.29, 1.82) is 0 Å². The lowest BCUT2D eigenvalue weighted by molar-refractivity contribution is -0.139. The van der Waals surface area contributed by atoms with Gasteiger partial charge in [0.1, 0.15) is 0 Å².